The number of aromatic nitrogens is 3. The molecule has 3 rings (SSSR count). The molecule has 0 saturated heterocycles. The molecule has 0 bridgehead atoms. The lowest BCUT2D eigenvalue weighted by molar-refractivity contribution is -0.0506. The molecule has 0 amide bonds. The molecule has 2 aromatic heterocycles. The van der Waals surface area contributed by atoms with Crippen molar-refractivity contribution in [2.45, 2.75) is 38.3 Å². The van der Waals surface area contributed by atoms with E-state index in [2.05, 4.69) is 19.7 Å². The first-order valence-corrected chi connectivity index (χ1v) is 8.41. The molecule has 24 heavy (non-hydrogen) atoms. The van der Waals surface area contributed by atoms with Crippen LogP contribution in [0.3, 0.4) is 0 Å². The van der Waals surface area contributed by atoms with Crippen molar-refractivity contribution in [3.63, 3.8) is 0 Å². The Morgan fingerprint density at radius 1 is 1.25 bits per heavy atom. The molecule has 2 heterocycles. The maximum Gasteiger partial charge on any atom is 0.387 e. The number of hydrogen-bond donors (Lipinski definition) is 1. The molecule has 4 nitrogen and oxygen atoms in total. The van der Waals surface area contributed by atoms with Gasteiger partial charge in [-0.05, 0) is 50.1 Å². The Morgan fingerprint density at radius 3 is 2.75 bits per heavy atom. The van der Waals surface area contributed by atoms with Gasteiger partial charge in [0.2, 0.25) is 0 Å². The van der Waals surface area contributed by atoms with E-state index in [4.69, 9.17) is 0 Å². The van der Waals surface area contributed by atoms with Gasteiger partial charge < -0.3 is 9.72 Å². The number of imidazole rings is 1. The van der Waals surface area contributed by atoms with Crippen molar-refractivity contribution in [3.8, 4) is 5.75 Å². The average Bonchev–Trinajstić information content (AvgIpc) is 2.92. The van der Waals surface area contributed by atoms with Crippen LogP contribution in [0.1, 0.15) is 22.4 Å². The lowest BCUT2D eigenvalue weighted by Gasteiger charge is -2.11. The van der Waals surface area contributed by atoms with E-state index in [1.54, 1.807) is 26.1 Å². The number of hydrogen-bond acceptors (Lipinski definition) is 4. The summed E-state index contributed by atoms with van der Waals surface area (Å²) in [6.07, 6.45) is 1.78. The number of aryl methyl sites for hydroxylation is 3. The number of ether oxygens (including phenoxy) is 1. The van der Waals surface area contributed by atoms with Gasteiger partial charge in [-0.15, -0.1) is 0 Å². The average molecular weight is 349 g/mol. The highest BCUT2D eigenvalue weighted by molar-refractivity contribution is 7.98. The third kappa shape index (κ3) is 3.51. The topological polar surface area (TPSA) is 50.8 Å². The van der Waals surface area contributed by atoms with Crippen molar-refractivity contribution in [1.29, 1.82) is 0 Å². The van der Waals surface area contributed by atoms with Crippen LogP contribution in [0.25, 0.3) is 11.0 Å². The van der Waals surface area contributed by atoms with Gasteiger partial charge in [0.05, 0.1) is 16.7 Å². The van der Waals surface area contributed by atoms with E-state index in [1.807, 2.05) is 19.1 Å². The Morgan fingerprint density at radius 2 is 2.04 bits per heavy atom. The lowest BCUT2D eigenvalue weighted by Crippen LogP contribution is -2.05. The number of H-pyrrole nitrogens is 1. The predicted molar refractivity (Wildman–Crippen MR) is 90.7 cm³/mol. The Labute approximate surface area is 142 Å². The SMILES string of the molecule is Cc1ccnc(CSc2nc3c(C)c(OC(F)F)c(C)cc3[nH]2)c1. The smallest absolute Gasteiger partial charge is 0.387 e. The molecular formula is C17H17F2N3OS. The monoisotopic (exact) mass is 349 g/mol. The molecule has 0 aliphatic heterocycles. The summed E-state index contributed by atoms with van der Waals surface area (Å²) in [5, 5.41) is 0.727. The van der Waals surface area contributed by atoms with Crippen molar-refractivity contribution in [3.05, 3.63) is 46.8 Å². The molecule has 126 valence electrons. The number of rotatable bonds is 5. The summed E-state index contributed by atoms with van der Waals surface area (Å²) in [6.45, 7) is 2.66. The maximum absolute atomic E-state index is 12.6. The van der Waals surface area contributed by atoms with E-state index in [0.717, 1.165) is 21.9 Å². The second-order valence-electron chi connectivity index (χ2n) is 5.58. The minimum Gasteiger partial charge on any atom is -0.434 e. The number of thioether (sulfide) groups is 1. The summed E-state index contributed by atoms with van der Waals surface area (Å²) in [6, 6.07) is 5.76. The van der Waals surface area contributed by atoms with Crippen LogP contribution < -0.4 is 4.74 Å². The standard InChI is InChI=1S/C17H17F2N3OS/c1-9-4-5-20-12(6-9)8-24-17-21-13-7-10(2)15(23-16(18)19)11(3)14(13)22-17/h4-7,16H,8H2,1-3H3,(H,21,22). The molecule has 0 aliphatic rings. The van der Waals surface area contributed by atoms with Crippen LogP contribution in [0.4, 0.5) is 8.78 Å². The predicted octanol–water partition coefficient (Wildman–Crippen LogP) is 4.78. The molecule has 0 fully saturated rings. The number of fused-ring (bicyclic) bond motifs is 1. The van der Waals surface area contributed by atoms with Gasteiger partial charge in [0.25, 0.3) is 0 Å². The van der Waals surface area contributed by atoms with E-state index < -0.39 is 6.61 Å². The molecule has 3 aromatic rings. The largest absolute Gasteiger partial charge is 0.434 e. The van der Waals surface area contributed by atoms with Gasteiger partial charge in [-0.3, -0.25) is 4.98 Å². The van der Waals surface area contributed by atoms with Gasteiger partial charge in [0, 0.05) is 17.5 Å². The van der Waals surface area contributed by atoms with Crippen LogP contribution in [0.15, 0.2) is 29.6 Å². The highest BCUT2D eigenvalue weighted by Crippen LogP contribution is 2.33. The summed E-state index contributed by atoms with van der Waals surface area (Å²) >= 11 is 1.52. The number of alkyl halides is 2. The summed E-state index contributed by atoms with van der Waals surface area (Å²) in [5.41, 5.74) is 4.85. The molecule has 0 atom stereocenters. The fraction of sp³-hybridized carbons (Fsp3) is 0.294. The Kier molecular flexibility index (Phi) is 4.71. The second kappa shape index (κ2) is 6.76. The highest BCUT2D eigenvalue weighted by atomic mass is 32.2. The van der Waals surface area contributed by atoms with Crippen molar-refractivity contribution in [2.24, 2.45) is 0 Å². The zero-order valence-electron chi connectivity index (χ0n) is 13.6. The highest BCUT2D eigenvalue weighted by Gasteiger charge is 2.16. The molecule has 7 heteroatoms. The van der Waals surface area contributed by atoms with Crippen LogP contribution in [0.5, 0.6) is 5.75 Å². The molecule has 1 N–H and O–H groups in total. The number of nitrogens with one attached hydrogen (secondary N) is 1. The van der Waals surface area contributed by atoms with Gasteiger partial charge >= 0.3 is 6.61 Å². The third-order valence-corrected chi connectivity index (χ3v) is 4.57. The fourth-order valence-electron chi connectivity index (χ4n) is 2.60. The molecular weight excluding hydrogens is 332 g/mol. The van der Waals surface area contributed by atoms with Crippen molar-refractivity contribution in [1.82, 2.24) is 15.0 Å². The van der Waals surface area contributed by atoms with E-state index in [0.29, 0.717) is 22.4 Å². The Hall–Kier alpha value is -2.15. The second-order valence-corrected chi connectivity index (χ2v) is 6.54. The number of aromatic amines is 1. The quantitative estimate of drug-likeness (QED) is 0.674. The van der Waals surface area contributed by atoms with Gasteiger partial charge in [0.1, 0.15) is 5.75 Å². The minimum absolute atomic E-state index is 0.195. The molecule has 0 radical (unpaired) electrons. The summed E-state index contributed by atoms with van der Waals surface area (Å²) in [7, 11) is 0. The first-order valence-electron chi connectivity index (χ1n) is 7.43. The first-order chi connectivity index (χ1) is 11.4. The number of halogens is 2. The van der Waals surface area contributed by atoms with E-state index in [9.17, 15) is 8.78 Å². The normalized spacial score (nSPS) is 11.4. The third-order valence-electron chi connectivity index (χ3n) is 3.66. The Bertz CT molecular complexity index is 880. The Balaban J connectivity index is 1.87. The molecule has 0 unspecified atom stereocenters. The van der Waals surface area contributed by atoms with Crippen molar-refractivity contribution >= 4 is 22.8 Å². The van der Waals surface area contributed by atoms with E-state index >= 15 is 0 Å². The molecule has 0 aliphatic carbocycles. The van der Waals surface area contributed by atoms with Gasteiger partial charge in [-0.1, -0.05) is 11.8 Å². The van der Waals surface area contributed by atoms with Crippen LogP contribution in [0, 0.1) is 20.8 Å². The zero-order chi connectivity index (χ0) is 17.3. The van der Waals surface area contributed by atoms with E-state index in [-0.39, 0.29) is 5.75 Å². The molecule has 1 aromatic carbocycles. The van der Waals surface area contributed by atoms with Crippen LogP contribution in [0.2, 0.25) is 0 Å². The van der Waals surface area contributed by atoms with Crippen LogP contribution >= 0.6 is 11.8 Å². The van der Waals surface area contributed by atoms with Crippen LogP contribution in [-0.2, 0) is 5.75 Å². The van der Waals surface area contributed by atoms with Crippen molar-refractivity contribution in [2.75, 3.05) is 0 Å². The maximum atomic E-state index is 12.6. The summed E-state index contributed by atoms with van der Waals surface area (Å²) in [4.78, 5) is 12.1. The number of pyridine rings is 1. The first kappa shape index (κ1) is 16.7. The van der Waals surface area contributed by atoms with Gasteiger partial charge in [-0.2, -0.15) is 8.78 Å². The fourth-order valence-corrected chi connectivity index (χ4v) is 3.38. The number of nitrogens with zero attached hydrogens (tertiary/aromatic N) is 2. The minimum atomic E-state index is -2.85. The summed E-state index contributed by atoms with van der Waals surface area (Å²) < 4.78 is 29.8. The molecule has 0 saturated carbocycles. The lowest BCUT2D eigenvalue weighted by atomic mass is 10.1. The van der Waals surface area contributed by atoms with Crippen molar-refractivity contribution < 1.29 is 13.5 Å². The van der Waals surface area contributed by atoms with Gasteiger partial charge in [-0.25, -0.2) is 4.98 Å². The van der Waals surface area contributed by atoms with Crippen LogP contribution in [-0.4, -0.2) is 21.6 Å². The van der Waals surface area contributed by atoms with E-state index in [1.165, 1.54) is 11.8 Å². The molecule has 0 spiro atoms. The zero-order valence-corrected chi connectivity index (χ0v) is 14.4. The summed E-state index contributed by atoms with van der Waals surface area (Å²) in [5.74, 6) is 0.876. The number of benzene rings is 1. The van der Waals surface area contributed by atoms with Gasteiger partial charge in [0.15, 0.2) is 5.16 Å².